The van der Waals surface area contributed by atoms with Crippen LogP contribution in [-0.2, 0) is 21.4 Å². The maximum atomic E-state index is 13.4. The minimum absolute atomic E-state index is 0.0440. The van der Waals surface area contributed by atoms with Crippen LogP contribution in [0.2, 0.25) is 5.02 Å². The van der Waals surface area contributed by atoms with E-state index in [1.165, 1.54) is 32.6 Å². The number of benzene rings is 3. The SMILES string of the molecule is COc1cccc(/C=N\NC(=O)CN(Cc2cccc(Cl)c2)S(=O)(=O)c2ccc(C)cc2)c1OC. The van der Waals surface area contributed by atoms with Crippen molar-refractivity contribution < 1.29 is 22.7 Å². The van der Waals surface area contributed by atoms with E-state index in [9.17, 15) is 13.2 Å². The number of para-hydroxylation sites is 1. The van der Waals surface area contributed by atoms with E-state index < -0.39 is 22.5 Å². The number of rotatable bonds is 10. The van der Waals surface area contributed by atoms with Crippen LogP contribution in [0, 0.1) is 6.92 Å². The summed E-state index contributed by atoms with van der Waals surface area (Å²) in [5, 5.41) is 4.43. The van der Waals surface area contributed by atoms with E-state index in [0.29, 0.717) is 27.6 Å². The van der Waals surface area contributed by atoms with Crippen molar-refractivity contribution >= 4 is 33.7 Å². The van der Waals surface area contributed by atoms with E-state index in [-0.39, 0.29) is 11.4 Å². The lowest BCUT2D eigenvalue weighted by Gasteiger charge is -2.21. The fourth-order valence-corrected chi connectivity index (χ4v) is 4.90. The van der Waals surface area contributed by atoms with E-state index in [0.717, 1.165) is 9.87 Å². The van der Waals surface area contributed by atoms with Crippen molar-refractivity contribution in [2.24, 2.45) is 5.10 Å². The van der Waals surface area contributed by atoms with Gasteiger partial charge in [0.05, 0.1) is 31.9 Å². The quantitative estimate of drug-likeness (QED) is 0.325. The Morgan fingerprint density at radius 1 is 1.06 bits per heavy atom. The van der Waals surface area contributed by atoms with Gasteiger partial charge in [-0.05, 0) is 48.9 Å². The summed E-state index contributed by atoms with van der Waals surface area (Å²) in [6.45, 7) is 1.37. The number of carbonyl (C=O) groups is 1. The molecule has 3 aromatic carbocycles. The molecule has 3 aromatic rings. The van der Waals surface area contributed by atoms with E-state index in [1.807, 2.05) is 6.92 Å². The third-order valence-corrected chi connectivity index (χ3v) is 7.09. The van der Waals surface area contributed by atoms with Gasteiger partial charge in [0.2, 0.25) is 10.0 Å². The minimum Gasteiger partial charge on any atom is -0.493 e. The first-order valence-electron chi connectivity index (χ1n) is 10.6. The largest absolute Gasteiger partial charge is 0.493 e. The predicted octanol–water partition coefficient (Wildman–Crippen LogP) is 4.01. The molecule has 0 heterocycles. The molecule has 0 aliphatic carbocycles. The highest BCUT2D eigenvalue weighted by Crippen LogP contribution is 2.29. The van der Waals surface area contributed by atoms with Crippen LogP contribution in [0.4, 0.5) is 0 Å². The van der Waals surface area contributed by atoms with E-state index in [2.05, 4.69) is 10.5 Å². The molecule has 1 N–H and O–H groups in total. The first-order valence-corrected chi connectivity index (χ1v) is 12.4. The molecule has 0 saturated carbocycles. The summed E-state index contributed by atoms with van der Waals surface area (Å²) < 4.78 is 38.4. The fraction of sp³-hybridized carbons (Fsp3) is 0.200. The van der Waals surface area contributed by atoms with Gasteiger partial charge in [-0.3, -0.25) is 4.79 Å². The lowest BCUT2D eigenvalue weighted by atomic mass is 10.2. The summed E-state index contributed by atoms with van der Waals surface area (Å²) in [7, 11) is -0.965. The molecule has 0 aliphatic heterocycles. The van der Waals surface area contributed by atoms with Gasteiger partial charge in [0.1, 0.15) is 0 Å². The molecule has 1 amide bonds. The Labute approximate surface area is 210 Å². The van der Waals surface area contributed by atoms with Crippen molar-refractivity contribution in [2.45, 2.75) is 18.4 Å². The van der Waals surface area contributed by atoms with Gasteiger partial charge in [-0.15, -0.1) is 0 Å². The van der Waals surface area contributed by atoms with Gasteiger partial charge in [0.25, 0.3) is 5.91 Å². The lowest BCUT2D eigenvalue weighted by molar-refractivity contribution is -0.121. The van der Waals surface area contributed by atoms with Crippen molar-refractivity contribution in [3.63, 3.8) is 0 Å². The molecular formula is C25H26ClN3O5S. The summed E-state index contributed by atoms with van der Waals surface area (Å²) in [5.41, 5.74) is 4.53. The van der Waals surface area contributed by atoms with E-state index >= 15 is 0 Å². The highest BCUT2D eigenvalue weighted by molar-refractivity contribution is 7.89. The van der Waals surface area contributed by atoms with Crippen LogP contribution in [0.15, 0.2) is 76.7 Å². The molecular weight excluding hydrogens is 490 g/mol. The number of hydrogen-bond acceptors (Lipinski definition) is 6. The molecule has 0 unspecified atom stereocenters. The zero-order chi connectivity index (χ0) is 25.4. The summed E-state index contributed by atoms with van der Waals surface area (Å²) in [4.78, 5) is 12.8. The van der Waals surface area contributed by atoms with Crippen molar-refractivity contribution in [3.8, 4) is 11.5 Å². The van der Waals surface area contributed by atoms with Gasteiger partial charge >= 0.3 is 0 Å². The van der Waals surface area contributed by atoms with E-state index in [1.54, 1.807) is 54.6 Å². The second-order valence-corrected chi connectivity index (χ2v) is 9.97. The molecule has 0 fully saturated rings. The van der Waals surface area contributed by atoms with Crippen LogP contribution in [0.3, 0.4) is 0 Å². The van der Waals surface area contributed by atoms with Crippen molar-refractivity contribution in [3.05, 3.63) is 88.4 Å². The summed E-state index contributed by atoms with van der Waals surface area (Å²) >= 11 is 6.07. The summed E-state index contributed by atoms with van der Waals surface area (Å²) in [6, 6.07) is 18.5. The lowest BCUT2D eigenvalue weighted by Crippen LogP contribution is -2.39. The average molecular weight is 516 g/mol. The van der Waals surface area contributed by atoms with Gasteiger partial charge in [-0.25, -0.2) is 13.8 Å². The monoisotopic (exact) mass is 515 g/mol. The van der Waals surface area contributed by atoms with Crippen LogP contribution in [0.1, 0.15) is 16.7 Å². The topological polar surface area (TPSA) is 97.3 Å². The van der Waals surface area contributed by atoms with Gasteiger partial charge in [0.15, 0.2) is 11.5 Å². The number of hydrogen-bond donors (Lipinski definition) is 1. The number of amides is 1. The van der Waals surface area contributed by atoms with Crippen LogP contribution >= 0.6 is 11.6 Å². The summed E-state index contributed by atoms with van der Waals surface area (Å²) in [6.07, 6.45) is 1.40. The van der Waals surface area contributed by atoms with Crippen molar-refractivity contribution in [1.82, 2.24) is 9.73 Å². The molecule has 0 aliphatic rings. The number of halogens is 1. The molecule has 184 valence electrons. The fourth-order valence-electron chi connectivity index (χ4n) is 3.31. The minimum atomic E-state index is -3.98. The third-order valence-electron chi connectivity index (χ3n) is 5.05. The maximum absolute atomic E-state index is 13.4. The number of sulfonamides is 1. The molecule has 10 heteroatoms. The highest BCUT2D eigenvalue weighted by atomic mass is 35.5. The standard InChI is InChI=1S/C25H26ClN3O5S/c1-18-10-12-22(13-11-18)35(31,32)29(16-19-6-4-8-21(26)14-19)17-24(30)28-27-15-20-7-5-9-23(33-2)25(20)34-3/h4-15H,16-17H2,1-3H3,(H,28,30)/b27-15-. The molecule has 0 spiro atoms. The Bertz CT molecular complexity index is 1310. The number of carbonyl (C=O) groups excluding carboxylic acids is 1. The van der Waals surface area contributed by atoms with Gasteiger partial charge in [-0.2, -0.15) is 9.41 Å². The molecule has 35 heavy (non-hydrogen) atoms. The number of nitrogens with one attached hydrogen (secondary N) is 1. The molecule has 3 rings (SSSR count). The van der Waals surface area contributed by atoms with Gasteiger partial charge in [-0.1, -0.05) is 47.5 Å². The first-order chi connectivity index (χ1) is 16.7. The number of aryl methyl sites for hydroxylation is 1. The number of nitrogens with zero attached hydrogens (tertiary/aromatic N) is 2. The third kappa shape index (κ3) is 6.82. The number of methoxy groups -OCH3 is 2. The van der Waals surface area contributed by atoms with Crippen LogP contribution < -0.4 is 14.9 Å². The second kappa shape index (κ2) is 11.8. The smallest absolute Gasteiger partial charge is 0.255 e. The second-order valence-electron chi connectivity index (χ2n) is 7.59. The number of ether oxygens (including phenoxy) is 2. The molecule has 0 aromatic heterocycles. The highest BCUT2D eigenvalue weighted by Gasteiger charge is 2.27. The van der Waals surface area contributed by atoms with Crippen LogP contribution in [-0.4, -0.2) is 45.6 Å². The Hall–Kier alpha value is -3.40. The van der Waals surface area contributed by atoms with Crippen LogP contribution in [0.25, 0.3) is 0 Å². The molecule has 0 atom stereocenters. The van der Waals surface area contributed by atoms with Gasteiger partial charge < -0.3 is 9.47 Å². The number of hydrazone groups is 1. The Morgan fingerprint density at radius 3 is 2.43 bits per heavy atom. The molecule has 8 nitrogen and oxygen atoms in total. The molecule has 0 saturated heterocycles. The maximum Gasteiger partial charge on any atom is 0.255 e. The predicted molar refractivity (Wildman–Crippen MR) is 136 cm³/mol. The first kappa shape index (κ1) is 26.2. The van der Waals surface area contributed by atoms with Crippen LogP contribution in [0.5, 0.6) is 11.5 Å². The average Bonchev–Trinajstić information content (AvgIpc) is 2.83. The molecule has 0 radical (unpaired) electrons. The zero-order valence-electron chi connectivity index (χ0n) is 19.6. The normalized spacial score (nSPS) is 11.6. The Kier molecular flexibility index (Phi) is 8.86. The van der Waals surface area contributed by atoms with E-state index in [4.69, 9.17) is 21.1 Å². The molecule has 0 bridgehead atoms. The van der Waals surface area contributed by atoms with Crippen molar-refractivity contribution in [2.75, 3.05) is 20.8 Å². The summed E-state index contributed by atoms with van der Waals surface area (Å²) in [5.74, 6) is 0.359. The Balaban J connectivity index is 1.81. The van der Waals surface area contributed by atoms with Gasteiger partial charge in [0, 0.05) is 17.1 Å². The Morgan fingerprint density at radius 2 is 1.77 bits per heavy atom. The zero-order valence-corrected chi connectivity index (χ0v) is 21.1. The van der Waals surface area contributed by atoms with Crippen molar-refractivity contribution in [1.29, 1.82) is 0 Å².